The summed E-state index contributed by atoms with van der Waals surface area (Å²) in [5, 5.41) is 6.11. The van der Waals surface area contributed by atoms with Crippen LogP contribution in [0.3, 0.4) is 0 Å². The van der Waals surface area contributed by atoms with Gasteiger partial charge in [0.05, 0.1) is 18.2 Å². The monoisotopic (exact) mass is 567 g/mol. The maximum Gasteiger partial charge on any atom is 0.291 e. The Bertz CT molecular complexity index is 854. The first-order valence-electron chi connectivity index (χ1n) is 15.3. The molecule has 4 rings (SSSR count). The normalized spacial score (nSPS) is 25.1. The number of nitrogens with one attached hydrogen (secondary N) is 1. The Balaban J connectivity index is 0.000000228. The van der Waals surface area contributed by atoms with Gasteiger partial charge < -0.3 is 14.4 Å². The number of rotatable bonds is 3. The average molecular weight is 568 g/mol. The number of amides is 1. The van der Waals surface area contributed by atoms with Crippen molar-refractivity contribution in [1.29, 1.82) is 0 Å². The molecule has 3 atom stereocenters. The van der Waals surface area contributed by atoms with Crippen molar-refractivity contribution in [1.82, 2.24) is 25.0 Å². The Kier molecular flexibility index (Phi) is 13.0. The zero-order valence-electron chi connectivity index (χ0n) is 27.1. The largest absolute Gasteiger partial charge is 0.381 e. The van der Waals surface area contributed by atoms with Gasteiger partial charge in [0.1, 0.15) is 12.5 Å². The van der Waals surface area contributed by atoms with Crippen molar-refractivity contribution in [2.45, 2.75) is 137 Å². The van der Waals surface area contributed by atoms with Crippen LogP contribution in [0.25, 0.3) is 0 Å². The van der Waals surface area contributed by atoms with Crippen LogP contribution in [0.15, 0.2) is 6.33 Å². The lowest BCUT2D eigenvalue weighted by Crippen LogP contribution is -2.50. The molecule has 0 radical (unpaired) electrons. The number of H-pyrrole nitrogens is 1. The fourth-order valence-electron chi connectivity index (χ4n) is 5.86. The minimum atomic E-state index is -1.18. The molecule has 0 bridgehead atoms. The molecule has 8 nitrogen and oxygen atoms in total. The van der Waals surface area contributed by atoms with Crippen molar-refractivity contribution < 1.29 is 18.7 Å². The molecule has 1 aromatic rings. The average Bonchev–Trinajstić information content (AvgIpc) is 3.51. The second-order valence-electron chi connectivity index (χ2n) is 14.8. The molecular weight excluding hydrogens is 509 g/mol. The molecule has 3 aliphatic rings. The number of aromatic nitrogens is 3. The zero-order valence-corrected chi connectivity index (χ0v) is 27.1. The predicted octanol–water partition coefficient (Wildman–Crippen LogP) is 6.29. The molecule has 4 heterocycles. The van der Waals surface area contributed by atoms with Gasteiger partial charge in [-0.2, -0.15) is 5.10 Å². The van der Waals surface area contributed by atoms with Crippen molar-refractivity contribution in [2.24, 2.45) is 11.3 Å². The van der Waals surface area contributed by atoms with E-state index in [4.69, 9.17) is 9.47 Å². The van der Waals surface area contributed by atoms with Gasteiger partial charge in [0, 0.05) is 31.3 Å². The molecule has 0 aliphatic carbocycles. The summed E-state index contributed by atoms with van der Waals surface area (Å²) in [7, 11) is 0. The number of ether oxygens (including phenoxy) is 2. The van der Waals surface area contributed by atoms with Crippen molar-refractivity contribution in [3.8, 4) is 0 Å². The predicted molar refractivity (Wildman–Crippen MR) is 159 cm³/mol. The van der Waals surface area contributed by atoms with Crippen LogP contribution in [0.5, 0.6) is 0 Å². The van der Waals surface area contributed by atoms with E-state index in [9.17, 15) is 9.18 Å². The van der Waals surface area contributed by atoms with E-state index in [1.165, 1.54) is 49.9 Å². The first kappa shape index (κ1) is 34.6. The number of hydrogen-bond acceptors (Lipinski definition) is 6. The van der Waals surface area contributed by atoms with Crippen LogP contribution in [0.1, 0.15) is 118 Å². The van der Waals surface area contributed by atoms with Gasteiger partial charge in [-0.1, -0.05) is 20.8 Å². The number of carbonyl (C=O) groups is 1. The molecule has 1 amide bonds. The lowest BCUT2D eigenvalue weighted by atomic mass is 9.81. The number of hydrogen-bond donors (Lipinski definition) is 1. The van der Waals surface area contributed by atoms with Gasteiger partial charge in [0.15, 0.2) is 0 Å². The Morgan fingerprint density at radius 3 is 2.12 bits per heavy atom. The summed E-state index contributed by atoms with van der Waals surface area (Å²) < 4.78 is 25.0. The fraction of sp³-hybridized carbons (Fsp3) is 0.903. The molecule has 0 aromatic carbocycles. The summed E-state index contributed by atoms with van der Waals surface area (Å²) in [5.74, 6) is 0.737. The highest BCUT2D eigenvalue weighted by Gasteiger charge is 2.35. The Morgan fingerprint density at radius 2 is 1.70 bits per heavy atom. The second-order valence-corrected chi connectivity index (χ2v) is 14.8. The van der Waals surface area contributed by atoms with E-state index < -0.39 is 12.3 Å². The molecule has 232 valence electrons. The van der Waals surface area contributed by atoms with Gasteiger partial charge in [-0.25, -0.2) is 9.37 Å². The van der Waals surface area contributed by atoms with Gasteiger partial charge >= 0.3 is 0 Å². The zero-order chi connectivity index (χ0) is 30.1. The van der Waals surface area contributed by atoms with Crippen LogP contribution < -0.4 is 0 Å². The van der Waals surface area contributed by atoms with Gasteiger partial charge in [-0.15, -0.1) is 0 Å². The number of aromatic amines is 1. The highest BCUT2D eigenvalue weighted by Crippen LogP contribution is 2.30. The second kappa shape index (κ2) is 15.1. The molecule has 3 saturated heterocycles. The van der Waals surface area contributed by atoms with E-state index >= 15 is 0 Å². The number of halogens is 1. The molecule has 40 heavy (non-hydrogen) atoms. The lowest BCUT2D eigenvalue weighted by molar-refractivity contribution is -0.111. The third kappa shape index (κ3) is 12.5. The maximum atomic E-state index is 14.1. The molecule has 1 aromatic heterocycles. The maximum absolute atomic E-state index is 14.1. The van der Waals surface area contributed by atoms with Crippen molar-refractivity contribution in [2.75, 3.05) is 32.8 Å². The number of nitrogens with zero attached hydrogens (tertiary/aromatic N) is 4. The van der Waals surface area contributed by atoms with Crippen LogP contribution in [-0.4, -0.2) is 93.2 Å². The van der Waals surface area contributed by atoms with Crippen molar-refractivity contribution in [3.63, 3.8) is 0 Å². The fourth-order valence-corrected chi connectivity index (χ4v) is 5.86. The standard InChI is InChI=1S/C12H19FN4O2.C10H20O.C9H19N/c1-12(2,3)19-9-4-5-17(6-8(9)13)11(18)10-14-7-15-16-10;1-10(2,3)8-9-4-6-11-7-5-9;1-8-6-5-7-10(8)9(2,3)4/h7-9H,4-6H2,1-3H3,(H,14,15,16);9H,4-8H2,1-3H3;8H,5-7H2,1-4H3/t8-,9+;;8-/m1.1/s1. The number of carbonyl (C=O) groups excluding carboxylic acids is 1. The summed E-state index contributed by atoms with van der Waals surface area (Å²) in [6, 6.07) is 0.806. The quantitative estimate of drug-likeness (QED) is 0.462. The Labute approximate surface area is 243 Å². The van der Waals surface area contributed by atoms with E-state index in [1.807, 2.05) is 20.8 Å². The SMILES string of the molecule is CC(C)(C)CC1CCOCC1.CC(C)(C)O[C@H]1CCN(C(=O)c2ncn[nH]2)C[C@H]1F.C[C@@H]1CCCN1C(C)(C)C. The van der Waals surface area contributed by atoms with Crippen LogP contribution in [0, 0.1) is 11.3 Å². The smallest absolute Gasteiger partial charge is 0.291 e. The molecule has 3 aliphatic heterocycles. The van der Waals surface area contributed by atoms with Gasteiger partial charge in [-0.05, 0) is 105 Å². The molecule has 3 fully saturated rings. The highest BCUT2D eigenvalue weighted by atomic mass is 19.1. The minimum Gasteiger partial charge on any atom is -0.381 e. The Morgan fingerprint density at radius 1 is 1.05 bits per heavy atom. The van der Waals surface area contributed by atoms with Crippen molar-refractivity contribution >= 4 is 5.91 Å². The molecule has 1 N–H and O–H groups in total. The van der Waals surface area contributed by atoms with Crippen molar-refractivity contribution in [3.05, 3.63) is 12.2 Å². The summed E-state index contributed by atoms with van der Waals surface area (Å²) >= 11 is 0. The summed E-state index contributed by atoms with van der Waals surface area (Å²) in [4.78, 5) is 19.8. The van der Waals surface area contributed by atoms with Crippen LogP contribution in [0.4, 0.5) is 4.39 Å². The van der Waals surface area contributed by atoms with E-state index in [-0.39, 0.29) is 23.9 Å². The van der Waals surface area contributed by atoms with E-state index in [1.54, 1.807) is 0 Å². The number of piperidine rings is 1. The highest BCUT2D eigenvalue weighted by molar-refractivity contribution is 5.90. The molecule has 0 saturated carbocycles. The minimum absolute atomic E-state index is 0.0281. The number of likely N-dealkylation sites (tertiary alicyclic amines) is 2. The molecule has 0 spiro atoms. The molecule has 0 unspecified atom stereocenters. The third-order valence-electron chi connectivity index (χ3n) is 7.55. The third-order valence-corrected chi connectivity index (χ3v) is 7.55. The van der Waals surface area contributed by atoms with Crippen LogP contribution in [-0.2, 0) is 9.47 Å². The summed E-state index contributed by atoms with van der Waals surface area (Å²) in [6.07, 6.45) is 6.78. The first-order valence-corrected chi connectivity index (χ1v) is 15.3. The Hall–Kier alpha value is -1.58. The van der Waals surface area contributed by atoms with Crippen LogP contribution >= 0.6 is 0 Å². The molecular formula is C31H58FN5O3. The summed E-state index contributed by atoms with van der Waals surface area (Å²) in [6.45, 7) is 25.6. The summed E-state index contributed by atoms with van der Waals surface area (Å²) in [5.41, 5.74) is 0.504. The van der Waals surface area contributed by atoms with Gasteiger partial charge in [0.2, 0.25) is 5.82 Å². The van der Waals surface area contributed by atoms with Gasteiger partial charge in [0.25, 0.3) is 5.91 Å². The molecule has 9 heteroatoms. The van der Waals surface area contributed by atoms with Gasteiger partial charge in [-0.3, -0.25) is 14.8 Å². The van der Waals surface area contributed by atoms with Crippen LogP contribution in [0.2, 0.25) is 0 Å². The van der Waals surface area contributed by atoms with E-state index in [0.717, 1.165) is 25.2 Å². The van der Waals surface area contributed by atoms with E-state index in [2.05, 4.69) is 68.5 Å². The number of alkyl halides is 1. The van der Waals surface area contributed by atoms with E-state index in [0.29, 0.717) is 23.9 Å². The lowest BCUT2D eigenvalue weighted by Gasteiger charge is -2.37. The topological polar surface area (TPSA) is 83.6 Å². The first-order chi connectivity index (χ1) is 18.5.